The predicted octanol–water partition coefficient (Wildman–Crippen LogP) is 4.12. The molecule has 4 heteroatoms. The Balaban J connectivity index is 2.12. The second-order valence-electron chi connectivity index (χ2n) is 6.42. The highest BCUT2D eigenvalue weighted by Crippen LogP contribution is 2.32. The first-order chi connectivity index (χ1) is 9.93. The van der Waals surface area contributed by atoms with Crippen LogP contribution >= 0.6 is 15.9 Å². The molecular formula is C17H27BrN2O. The van der Waals surface area contributed by atoms with Crippen molar-refractivity contribution in [1.82, 2.24) is 5.32 Å². The van der Waals surface area contributed by atoms with Crippen molar-refractivity contribution in [1.29, 1.82) is 0 Å². The molecule has 0 saturated carbocycles. The van der Waals surface area contributed by atoms with Crippen LogP contribution in [0.2, 0.25) is 0 Å². The first-order valence-electron chi connectivity index (χ1n) is 7.84. The Morgan fingerprint density at radius 1 is 1.43 bits per heavy atom. The van der Waals surface area contributed by atoms with E-state index >= 15 is 0 Å². The third kappa shape index (κ3) is 4.44. The Bertz CT molecular complexity index is 476. The lowest BCUT2D eigenvalue weighted by molar-refractivity contribution is -0.0277. The van der Waals surface area contributed by atoms with E-state index in [1.807, 2.05) is 0 Å². The molecule has 1 aliphatic rings. The van der Waals surface area contributed by atoms with Gasteiger partial charge in [-0.25, -0.2) is 0 Å². The Morgan fingerprint density at radius 2 is 2.19 bits per heavy atom. The minimum Gasteiger partial charge on any atom is -0.372 e. The molecule has 0 aromatic heterocycles. The molecule has 1 aliphatic heterocycles. The summed E-state index contributed by atoms with van der Waals surface area (Å²) in [6, 6.07) is 7.09. The standard InChI is InChI=1S/C17H27BrN2O/c1-5-8-19-13(2)14-6-7-16(15(18)11-14)20-9-10-21-17(3,4)12-20/h6-7,11,13,19H,5,8-10,12H2,1-4H3. The number of rotatable bonds is 5. The average molecular weight is 355 g/mol. The van der Waals surface area contributed by atoms with Crippen LogP contribution in [0.3, 0.4) is 0 Å². The molecule has 1 aromatic rings. The maximum atomic E-state index is 5.80. The molecule has 2 rings (SSSR count). The predicted molar refractivity (Wildman–Crippen MR) is 93.1 cm³/mol. The van der Waals surface area contributed by atoms with Crippen LogP contribution in [0, 0.1) is 0 Å². The molecule has 1 heterocycles. The number of anilines is 1. The molecule has 0 aliphatic carbocycles. The minimum atomic E-state index is -0.0770. The zero-order chi connectivity index (χ0) is 15.5. The summed E-state index contributed by atoms with van der Waals surface area (Å²) in [5.74, 6) is 0. The fourth-order valence-electron chi connectivity index (χ4n) is 2.75. The SMILES string of the molecule is CCCNC(C)c1ccc(N2CCOC(C)(C)C2)c(Br)c1. The molecule has 0 amide bonds. The summed E-state index contributed by atoms with van der Waals surface area (Å²) < 4.78 is 6.97. The zero-order valence-corrected chi connectivity index (χ0v) is 15.2. The van der Waals surface area contributed by atoms with Crippen molar-refractivity contribution in [3.8, 4) is 0 Å². The van der Waals surface area contributed by atoms with Crippen LogP contribution in [0.15, 0.2) is 22.7 Å². The van der Waals surface area contributed by atoms with Gasteiger partial charge in [0.25, 0.3) is 0 Å². The van der Waals surface area contributed by atoms with E-state index in [2.05, 4.69) is 72.0 Å². The molecule has 0 spiro atoms. The van der Waals surface area contributed by atoms with Gasteiger partial charge in [-0.15, -0.1) is 0 Å². The summed E-state index contributed by atoms with van der Waals surface area (Å²) in [5, 5.41) is 3.53. The van der Waals surface area contributed by atoms with Crippen LogP contribution in [0.5, 0.6) is 0 Å². The molecular weight excluding hydrogens is 328 g/mol. The van der Waals surface area contributed by atoms with Crippen molar-refractivity contribution in [3.63, 3.8) is 0 Å². The van der Waals surface area contributed by atoms with Crippen LogP contribution in [-0.2, 0) is 4.74 Å². The number of hydrogen-bond donors (Lipinski definition) is 1. The van der Waals surface area contributed by atoms with Gasteiger partial charge < -0.3 is 15.0 Å². The number of nitrogens with one attached hydrogen (secondary N) is 1. The Labute approximate surface area is 137 Å². The van der Waals surface area contributed by atoms with Crippen LogP contribution in [0.25, 0.3) is 0 Å². The number of morpholine rings is 1. The van der Waals surface area contributed by atoms with E-state index in [0.717, 1.165) is 32.7 Å². The van der Waals surface area contributed by atoms with Gasteiger partial charge in [0, 0.05) is 23.6 Å². The molecule has 1 N–H and O–H groups in total. The van der Waals surface area contributed by atoms with Crippen molar-refractivity contribution in [3.05, 3.63) is 28.2 Å². The fraction of sp³-hybridized carbons (Fsp3) is 0.647. The van der Waals surface area contributed by atoms with Crippen molar-refractivity contribution in [2.75, 3.05) is 31.1 Å². The fourth-order valence-corrected chi connectivity index (χ4v) is 3.40. The molecule has 21 heavy (non-hydrogen) atoms. The zero-order valence-electron chi connectivity index (χ0n) is 13.6. The largest absolute Gasteiger partial charge is 0.372 e. The summed E-state index contributed by atoms with van der Waals surface area (Å²) in [4.78, 5) is 2.40. The van der Waals surface area contributed by atoms with Gasteiger partial charge in [-0.1, -0.05) is 13.0 Å². The first kappa shape index (κ1) is 16.8. The number of halogens is 1. The van der Waals surface area contributed by atoms with E-state index in [1.165, 1.54) is 15.7 Å². The number of benzene rings is 1. The van der Waals surface area contributed by atoms with E-state index in [9.17, 15) is 0 Å². The van der Waals surface area contributed by atoms with Crippen LogP contribution in [-0.4, -0.2) is 31.8 Å². The van der Waals surface area contributed by atoms with Crippen LogP contribution < -0.4 is 10.2 Å². The maximum absolute atomic E-state index is 5.80. The van der Waals surface area contributed by atoms with Gasteiger partial charge in [0.05, 0.1) is 17.9 Å². The summed E-state index contributed by atoms with van der Waals surface area (Å²) in [5.41, 5.74) is 2.51. The molecule has 3 nitrogen and oxygen atoms in total. The van der Waals surface area contributed by atoms with Gasteiger partial charge in [-0.05, 0) is 67.4 Å². The van der Waals surface area contributed by atoms with Gasteiger partial charge in [0.2, 0.25) is 0 Å². The van der Waals surface area contributed by atoms with Gasteiger partial charge in [0.15, 0.2) is 0 Å². The molecule has 118 valence electrons. The van der Waals surface area contributed by atoms with Gasteiger partial charge in [0.1, 0.15) is 0 Å². The molecule has 0 radical (unpaired) electrons. The van der Waals surface area contributed by atoms with E-state index < -0.39 is 0 Å². The van der Waals surface area contributed by atoms with Crippen molar-refractivity contribution < 1.29 is 4.74 Å². The second kappa shape index (κ2) is 7.12. The summed E-state index contributed by atoms with van der Waals surface area (Å²) in [6.45, 7) is 12.4. The lowest BCUT2D eigenvalue weighted by atomic mass is 10.0. The average Bonchev–Trinajstić information content (AvgIpc) is 2.43. The van der Waals surface area contributed by atoms with Gasteiger partial charge >= 0.3 is 0 Å². The maximum Gasteiger partial charge on any atom is 0.0801 e. The van der Waals surface area contributed by atoms with E-state index in [1.54, 1.807) is 0 Å². The van der Waals surface area contributed by atoms with Crippen molar-refractivity contribution in [2.45, 2.75) is 45.8 Å². The number of nitrogens with zero attached hydrogens (tertiary/aromatic N) is 1. The molecule has 1 saturated heterocycles. The summed E-state index contributed by atoms with van der Waals surface area (Å²) in [7, 11) is 0. The Morgan fingerprint density at radius 3 is 2.81 bits per heavy atom. The smallest absolute Gasteiger partial charge is 0.0801 e. The van der Waals surface area contributed by atoms with Crippen LogP contribution in [0.4, 0.5) is 5.69 Å². The third-order valence-electron chi connectivity index (χ3n) is 3.94. The third-order valence-corrected chi connectivity index (χ3v) is 4.57. The quantitative estimate of drug-likeness (QED) is 0.860. The lowest BCUT2D eigenvalue weighted by Gasteiger charge is -2.40. The summed E-state index contributed by atoms with van der Waals surface area (Å²) >= 11 is 3.75. The molecule has 1 fully saturated rings. The van der Waals surface area contributed by atoms with Crippen molar-refractivity contribution in [2.24, 2.45) is 0 Å². The van der Waals surface area contributed by atoms with E-state index in [4.69, 9.17) is 4.74 Å². The van der Waals surface area contributed by atoms with Crippen LogP contribution in [0.1, 0.15) is 45.7 Å². The molecule has 1 unspecified atom stereocenters. The topological polar surface area (TPSA) is 24.5 Å². The lowest BCUT2D eigenvalue weighted by Crippen LogP contribution is -2.48. The van der Waals surface area contributed by atoms with Crippen molar-refractivity contribution >= 4 is 21.6 Å². The Hall–Kier alpha value is -0.580. The molecule has 1 aromatic carbocycles. The highest BCUT2D eigenvalue weighted by molar-refractivity contribution is 9.10. The number of ether oxygens (including phenoxy) is 1. The second-order valence-corrected chi connectivity index (χ2v) is 7.27. The van der Waals surface area contributed by atoms with E-state index in [-0.39, 0.29) is 5.60 Å². The molecule has 1 atom stereocenters. The highest BCUT2D eigenvalue weighted by atomic mass is 79.9. The first-order valence-corrected chi connectivity index (χ1v) is 8.64. The normalized spacial score (nSPS) is 19.6. The van der Waals surface area contributed by atoms with Gasteiger partial charge in [-0.3, -0.25) is 0 Å². The Kier molecular flexibility index (Phi) is 5.69. The minimum absolute atomic E-state index is 0.0770. The molecule has 0 bridgehead atoms. The van der Waals surface area contributed by atoms with E-state index in [0.29, 0.717) is 6.04 Å². The van der Waals surface area contributed by atoms with Gasteiger partial charge in [-0.2, -0.15) is 0 Å². The summed E-state index contributed by atoms with van der Waals surface area (Å²) in [6.07, 6.45) is 1.16. The highest BCUT2D eigenvalue weighted by Gasteiger charge is 2.28. The number of hydrogen-bond acceptors (Lipinski definition) is 3. The monoisotopic (exact) mass is 354 g/mol.